The zero-order valence-electron chi connectivity index (χ0n) is 17.5. The van der Waals surface area contributed by atoms with Crippen LogP contribution in [0, 0.1) is 0 Å². The molecule has 0 aliphatic rings. The fraction of sp³-hybridized carbons (Fsp3) is 0.591. The molecule has 1 aromatic carbocycles. The van der Waals surface area contributed by atoms with E-state index in [9.17, 15) is 0 Å². The van der Waals surface area contributed by atoms with E-state index in [4.69, 9.17) is 4.43 Å². The van der Waals surface area contributed by atoms with Crippen LogP contribution in [-0.4, -0.2) is 16.4 Å². The van der Waals surface area contributed by atoms with E-state index in [1.807, 2.05) is 0 Å². The van der Waals surface area contributed by atoms with Crippen molar-refractivity contribution in [2.24, 2.45) is 0 Å². The van der Waals surface area contributed by atoms with Gasteiger partial charge in [-0.05, 0) is 36.8 Å². The molecule has 0 bridgehead atoms. The van der Waals surface area contributed by atoms with Crippen LogP contribution in [0.25, 0.3) is 5.20 Å². The van der Waals surface area contributed by atoms with Crippen molar-refractivity contribution in [1.82, 2.24) is 0 Å². The van der Waals surface area contributed by atoms with Gasteiger partial charge in [-0.15, -0.1) is 0 Å². The summed E-state index contributed by atoms with van der Waals surface area (Å²) in [5, 5.41) is 1.42. The van der Waals surface area contributed by atoms with Crippen LogP contribution < -0.4 is 0 Å². The Kier molecular flexibility index (Phi) is 8.98. The molecule has 0 saturated heterocycles. The normalized spacial score (nSPS) is 11.8. The molecule has 25 heavy (non-hydrogen) atoms. The predicted molar refractivity (Wildman–Crippen MR) is 118 cm³/mol. The smallest absolute Gasteiger partial charge is 0.245 e. The molecular weight excluding hydrogens is 336 g/mol. The van der Waals surface area contributed by atoms with Crippen LogP contribution in [0.3, 0.4) is 0 Å². The maximum Gasteiger partial charge on any atom is 0.245 e. The van der Waals surface area contributed by atoms with Crippen molar-refractivity contribution >= 4 is 21.6 Å². The standard InChI is InChI=1S/C22H38OSi2/c1-8-10-17-24(4,5)22(21-15-13-12-14-16-21)19-20(3)23-25(6,7)18-11-9-2/h12-16H,8-11,17-18H2,1-7H3. The Bertz CT molecular complexity index is 581. The first-order valence-corrected chi connectivity index (χ1v) is 16.3. The molecule has 0 heterocycles. The van der Waals surface area contributed by atoms with Crippen LogP contribution >= 0.6 is 0 Å². The molecule has 3 heteroatoms. The zero-order valence-corrected chi connectivity index (χ0v) is 19.5. The summed E-state index contributed by atoms with van der Waals surface area (Å²) in [4.78, 5) is 0. The van der Waals surface area contributed by atoms with Crippen molar-refractivity contribution in [1.29, 1.82) is 0 Å². The minimum Gasteiger partial charge on any atom is -0.542 e. The second kappa shape index (κ2) is 10.2. The molecular formula is C22H38OSi2. The lowest BCUT2D eigenvalue weighted by molar-refractivity contribution is 0.417. The molecule has 1 nitrogen and oxygen atoms in total. The zero-order chi connectivity index (χ0) is 18.9. The molecule has 0 aliphatic carbocycles. The SMILES string of the molecule is CCCC[Si](C)(C)OC(C)=C=C(c1ccccc1)[Si](C)(C)CCCC. The third-order valence-electron chi connectivity index (χ3n) is 4.76. The minimum absolute atomic E-state index is 0.990. The molecule has 0 unspecified atom stereocenters. The van der Waals surface area contributed by atoms with E-state index >= 15 is 0 Å². The Balaban J connectivity index is 3.23. The van der Waals surface area contributed by atoms with Gasteiger partial charge >= 0.3 is 0 Å². The van der Waals surface area contributed by atoms with Crippen molar-refractivity contribution in [3.8, 4) is 0 Å². The van der Waals surface area contributed by atoms with Crippen LogP contribution in [0.2, 0.25) is 38.3 Å². The molecule has 1 aromatic rings. The molecule has 140 valence electrons. The van der Waals surface area contributed by atoms with Gasteiger partial charge in [0, 0.05) is 0 Å². The first kappa shape index (κ1) is 22.0. The van der Waals surface area contributed by atoms with Crippen LogP contribution in [-0.2, 0) is 4.43 Å². The maximum absolute atomic E-state index is 6.44. The Labute approximate surface area is 158 Å². The number of hydrogen-bond acceptors (Lipinski definition) is 1. The average molecular weight is 375 g/mol. The molecule has 0 fully saturated rings. The third kappa shape index (κ3) is 7.81. The Morgan fingerprint density at radius 2 is 1.48 bits per heavy atom. The van der Waals surface area contributed by atoms with E-state index in [0.717, 1.165) is 5.76 Å². The van der Waals surface area contributed by atoms with E-state index < -0.39 is 16.4 Å². The van der Waals surface area contributed by atoms with Crippen molar-refractivity contribution in [2.75, 3.05) is 0 Å². The van der Waals surface area contributed by atoms with Gasteiger partial charge in [0.2, 0.25) is 8.32 Å². The van der Waals surface area contributed by atoms with Crippen molar-refractivity contribution in [3.05, 3.63) is 47.4 Å². The van der Waals surface area contributed by atoms with Gasteiger partial charge in [0.15, 0.2) is 0 Å². The van der Waals surface area contributed by atoms with Gasteiger partial charge in [0.25, 0.3) is 0 Å². The summed E-state index contributed by atoms with van der Waals surface area (Å²) in [6.45, 7) is 16.3. The lowest BCUT2D eigenvalue weighted by Crippen LogP contribution is -2.30. The summed E-state index contributed by atoms with van der Waals surface area (Å²) in [5.74, 6) is 0.990. The topological polar surface area (TPSA) is 9.23 Å². The molecule has 0 amide bonds. The molecule has 0 spiro atoms. The number of benzene rings is 1. The van der Waals surface area contributed by atoms with Crippen molar-refractivity contribution in [2.45, 2.75) is 84.7 Å². The van der Waals surface area contributed by atoms with E-state index in [-0.39, 0.29) is 0 Å². The third-order valence-corrected chi connectivity index (χ3v) is 10.5. The van der Waals surface area contributed by atoms with E-state index in [1.165, 1.54) is 48.5 Å². The first-order valence-electron chi connectivity index (χ1n) is 9.94. The summed E-state index contributed by atoms with van der Waals surface area (Å²) < 4.78 is 6.44. The molecule has 1 rings (SSSR count). The second-order valence-electron chi connectivity index (χ2n) is 8.37. The lowest BCUT2D eigenvalue weighted by atomic mass is 10.2. The fourth-order valence-corrected chi connectivity index (χ4v) is 8.39. The number of rotatable bonds is 10. The summed E-state index contributed by atoms with van der Waals surface area (Å²) in [6, 6.07) is 13.4. The number of allylic oxidation sites excluding steroid dienone is 1. The van der Waals surface area contributed by atoms with E-state index in [2.05, 4.69) is 83.0 Å². The van der Waals surface area contributed by atoms with E-state index in [0.29, 0.717) is 0 Å². The van der Waals surface area contributed by atoms with Crippen LogP contribution in [0.15, 0.2) is 41.8 Å². The fourth-order valence-electron chi connectivity index (χ4n) is 3.25. The Hall–Kier alpha value is -1.03. The minimum atomic E-state index is -1.64. The quantitative estimate of drug-likeness (QED) is 0.232. The monoisotopic (exact) mass is 374 g/mol. The maximum atomic E-state index is 6.44. The Morgan fingerprint density at radius 3 is 2.04 bits per heavy atom. The van der Waals surface area contributed by atoms with Gasteiger partial charge in [-0.25, -0.2) is 0 Å². The highest BCUT2D eigenvalue weighted by molar-refractivity contribution is 6.94. The second-order valence-corrected chi connectivity index (χ2v) is 17.4. The van der Waals surface area contributed by atoms with Crippen LogP contribution in [0.4, 0.5) is 0 Å². The molecule has 0 N–H and O–H groups in total. The van der Waals surface area contributed by atoms with E-state index in [1.54, 1.807) is 0 Å². The van der Waals surface area contributed by atoms with Gasteiger partial charge in [0.05, 0.1) is 8.07 Å². The molecule has 0 saturated carbocycles. The number of hydrogen-bond donors (Lipinski definition) is 0. The lowest BCUT2D eigenvalue weighted by Gasteiger charge is -2.27. The average Bonchev–Trinajstić information content (AvgIpc) is 2.56. The van der Waals surface area contributed by atoms with Gasteiger partial charge in [-0.3, -0.25) is 0 Å². The molecule has 0 radical (unpaired) electrons. The first-order chi connectivity index (χ1) is 11.7. The Morgan fingerprint density at radius 1 is 0.920 bits per heavy atom. The summed E-state index contributed by atoms with van der Waals surface area (Å²) in [7, 11) is -3.17. The van der Waals surface area contributed by atoms with Crippen LogP contribution in [0.1, 0.15) is 52.0 Å². The highest BCUT2D eigenvalue weighted by Crippen LogP contribution is 2.31. The molecule has 0 aliphatic heterocycles. The van der Waals surface area contributed by atoms with Gasteiger partial charge in [-0.2, -0.15) is 0 Å². The largest absolute Gasteiger partial charge is 0.542 e. The van der Waals surface area contributed by atoms with Crippen LogP contribution in [0.5, 0.6) is 0 Å². The predicted octanol–water partition coefficient (Wildman–Crippen LogP) is 7.64. The van der Waals surface area contributed by atoms with Crippen molar-refractivity contribution < 1.29 is 4.43 Å². The van der Waals surface area contributed by atoms with Gasteiger partial charge < -0.3 is 4.43 Å². The summed E-state index contributed by atoms with van der Waals surface area (Å²) in [5.41, 5.74) is 5.05. The summed E-state index contributed by atoms with van der Waals surface area (Å²) >= 11 is 0. The molecule has 0 aromatic heterocycles. The highest BCUT2D eigenvalue weighted by atomic mass is 28.4. The van der Waals surface area contributed by atoms with Gasteiger partial charge in [0.1, 0.15) is 5.76 Å². The highest BCUT2D eigenvalue weighted by Gasteiger charge is 2.28. The summed E-state index contributed by atoms with van der Waals surface area (Å²) in [6.07, 6.45) is 5.06. The molecule has 0 atom stereocenters. The van der Waals surface area contributed by atoms with Crippen molar-refractivity contribution in [3.63, 3.8) is 0 Å². The van der Waals surface area contributed by atoms with Gasteiger partial charge in [-0.1, -0.05) is 94.7 Å². The number of unbranched alkanes of at least 4 members (excludes halogenated alkanes) is 2.